The highest BCUT2D eigenvalue weighted by atomic mass is 35.5. The molecule has 1 aliphatic carbocycles. The first-order chi connectivity index (χ1) is 15.4. The van der Waals surface area contributed by atoms with Gasteiger partial charge in [0.15, 0.2) is 11.5 Å². The zero-order valence-corrected chi connectivity index (χ0v) is 19.4. The van der Waals surface area contributed by atoms with Crippen molar-refractivity contribution >= 4 is 27.5 Å². The van der Waals surface area contributed by atoms with E-state index in [-0.39, 0.29) is 30.3 Å². The Morgan fingerprint density at radius 2 is 1.78 bits per heavy atom. The Morgan fingerprint density at radius 3 is 2.62 bits per heavy atom. The minimum atomic E-state index is -3.65. The van der Waals surface area contributed by atoms with E-state index in [4.69, 9.17) is 21.1 Å². The molecule has 1 heterocycles. The quantitative estimate of drug-likeness (QED) is 0.636. The summed E-state index contributed by atoms with van der Waals surface area (Å²) >= 11 is 6.28. The lowest BCUT2D eigenvalue weighted by atomic mass is 9.92. The van der Waals surface area contributed by atoms with Crippen LogP contribution in [0.4, 0.5) is 0 Å². The molecule has 1 amide bonds. The molecule has 0 aromatic heterocycles. The maximum absolute atomic E-state index is 12.6. The number of sulfonamides is 1. The fourth-order valence-corrected chi connectivity index (χ4v) is 5.30. The minimum Gasteiger partial charge on any atom is -0.489 e. The number of hydrogen-bond donors (Lipinski definition) is 2. The van der Waals surface area contributed by atoms with Crippen molar-refractivity contribution in [1.29, 1.82) is 0 Å². The zero-order valence-electron chi connectivity index (χ0n) is 17.8. The predicted molar refractivity (Wildman–Crippen MR) is 122 cm³/mol. The number of amides is 1. The number of carbonyl (C=O) groups is 1. The van der Waals surface area contributed by atoms with Crippen molar-refractivity contribution in [3.8, 4) is 11.5 Å². The molecule has 0 bridgehead atoms. The van der Waals surface area contributed by atoms with Crippen LogP contribution in [-0.2, 0) is 34.2 Å². The number of hydrogen-bond acceptors (Lipinski definition) is 5. The topological polar surface area (TPSA) is 93.7 Å². The van der Waals surface area contributed by atoms with Crippen molar-refractivity contribution in [3.63, 3.8) is 0 Å². The van der Waals surface area contributed by atoms with E-state index in [0.717, 1.165) is 43.2 Å². The molecule has 0 unspecified atom stereocenters. The Morgan fingerprint density at radius 1 is 1.00 bits per heavy atom. The Labute approximate surface area is 193 Å². The van der Waals surface area contributed by atoms with Crippen LogP contribution in [0.5, 0.6) is 11.5 Å². The second-order valence-corrected chi connectivity index (χ2v) is 10.2. The fraction of sp³-hybridized carbons (Fsp3) is 0.435. The molecule has 32 heavy (non-hydrogen) atoms. The summed E-state index contributed by atoms with van der Waals surface area (Å²) in [5.41, 5.74) is 3.11. The van der Waals surface area contributed by atoms with Gasteiger partial charge in [-0.3, -0.25) is 4.79 Å². The molecule has 0 fully saturated rings. The predicted octanol–water partition coefficient (Wildman–Crippen LogP) is 3.36. The standard InChI is InChI=1S/C23H27ClN2O5S/c24-20-12-16(13-21-23(20)31-11-3-10-30-21)15-25-22(27)8-9-26-32(28,29)19-7-6-17-4-1-2-5-18(17)14-19/h6-7,12-14,26H,1-5,8-11,15H2,(H,25,27). The molecule has 0 atom stereocenters. The molecule has 0 radical (unpaired) electrons. The maximum atomic E-state index is 12.6. The lowest BCUT2D eigenvalue weighted by Gasteiger charge is -2.16. The third kappa shape index (κ3) is 5.54. The summed E-state index contributed by atoms with van der Waals surface area (Å²) in [5.74, 6) is 0.828. The first-order valence-corrected chi connectivity index (χ1v) is 12.7. The number of ether oxygens (including phenoxy) is 2. The number of fused-ring (bicyclic) bond motifs is 2. The molecule has 7 nitrogen and oxygen atoms in total. The smallest absolute Gasteiger partial charge is 0.240 e. The summed E-state index contributed by atoms with van der Waals surface area (Å²) in [6.45, 7) is 1.37. The van der Waals surface area contributed by atoms with Crippen molar-refractivity contribution in [2.45, 2.75) is 50.0 Å². The maximum Gasteiger partial charge on any atom is 0.240 e. The summed E-state index contributed by atoms with van der Waals surface area (Å²) < 4.78 is 39.0. The number of benzene rings is 2. The van der Waals surface area contributed by atoms with Gasteiger partial charge in [0, 0.05) is 25.9 Å². The van der Waals surface area contributed by atoms with Gasteiger partial charge in [-0.05, 0) is 66.6 Å². The van der Waals surface area contributed by atoms with Crippen LogP contribution in [0.1, 0.15) is 42.4 Å². The van der Waals surface area contributed by atoms with Crippen LogP contribution in [0, 0.1) is 0 Å². The van der Waals surface area contributed by atoms with Crippen molar-refractivity contribution in [3.05, 3.63) is 52.0 Å². The van der Waals surface area contributed by atoms with Crippen LogP contribution in [0.3, 0.4) is 0 Å². The number of rotatable bonds is 7. The second-order valence-electron chi connectivity index (χ2n) is 8.02. The van der Waals surface area contributed by atoms with Crippen LogP contribution in [0.15, 0.2) is 35.2 Å². The molecular weight excluding hydrogens is 452 g/mol. The van der Waals surface area contributed by atoms with Gasteiger partial charge in [-0.1, -0.05) is 17.7 Å². The molecule has 0 saturated carbocycles. The van der Waals surface area contributed by atoms with Gasteiger partial charge in [-0.2, -0.15) is 0 Å². The molecule has 4 rings (SSSR count). The van der Waals surface area contributed by atoms with E-state index in [9.17, 15) is 13.2 Å². The van der Waals surface area contributed by atoms with Gasteiger partial charge < -0.3 is 14.8 Å². The normalized spacial score (nSPS) is 15.5. The largest absolute Gasteiger partial charge is 0.489 e. The third-order valence-electron chi connectivity index (χ3n) is 5.63. The SMILES string of the molecule is O=C(CCNS(=O)(=O)c1ccc2c(c1)CCCC2)NCc1cc(Cl)c2c(c1)OCCCO2. The van der Waals surface area contributed by atoms with Crippen LogP contribution in [0.2, 0.25) is 5.02 Å². The Hall–Kier alpha value is -2.29. The summed E-state index contributed by atoms with van der Waals surface area (Å²) in [7, 11) is -3.65. The number of carbonyl (C=O) groups excluding carboxylic acids is 1. The van der Waals surface area contributed by atoms with Crippen molar-refractivity contribution in [1.82, 2.24) is 10.0 Å². The van der Waals surface area contributed by atoms with E-state index in [1.54, 1.807) is 24.3 Å². The lowest BCUT2D eigenvalue weighted by Crippen LogP contribution is -2.30. The van der Waals surface area contributed by atoms with Gasteiger partial charge in [-0.25, -0.2) is 13.1 Å². The highest BCUT2D eigenvalue weighted by Crippen LogP contribution is 2.38. The lowest BCUT2D eigenvalue weighted by molar-refractivity contribution is -0.121. The van der Waals surface area contributed by atoms with Crippen LogP contribution < -0.4 is 19.5 Å². The molecule has 1 aliphatic heterocycles. The highest BCUT2D eigenvalue weighted by molar-refractivity contribution is 7.89. The van der Waals surface area contributed by atoms with E-state index in [1.165, 1.54) is 5.56 Å². The third-order valence-corrected chi connectivity index (χ3v) is 7.37. The number of halogens is 1. The van der Waals surface area contributed by atoms with E-state index < -0.39 is 10.0 Å². The molecule has 172 valence electrons. The van der Waals surface area contributed by atoms with Crippen LogP contribution in [0.25, 0.3) is 0 Å². The van der Waals surface area contributed by atoms with E-state index in [2.05, 4.69) is 10.0 Å². The summed E-state index contributed by atoms with van der Waals surface area (Å²) in [5, 5.41) is 3.22. The first-order valence-electron chi connectivity index (χ1n) is 10.9. The van der Waals surface area contributed by atoms with Gasteiger partial charge in [0.25, 0.3) is 0 Å². The summed E-state index contributed by atoms with van der Waals surface area (Å²) in [6, 6.07) is 8.82. The van der Waals surface area contributed by atoms with Gasteiger partial charge in [0.05, 0.1) is 23.1 Å². The average molecular weight is 479 g/mol. The van der Waals surface area contributed by atoms with E-state index >= 15 is 0 Å². The summed E-state index contributed by atoms with van der Waals surface area (Å²) in [4.78, 5) is 12.5. The molecule has 2 aromatic carbocycles. The van der Waals surface area contributed by atoms with Gasteiger partial charge in [0.1, 0.15) is 0 Å². The Bertz CT molecular complexity index is 1100. The number of aryl methyl sites for hydroxylation is 2. The molecule has 0 spiro atoms. The second kappa shape index (κ2) is 10.1. The zero-order chi connectivity index (χ0) is 22.6. The molecule has 0 saturated heterocycles. The van der Waals surface area contributed by atoms with Crippen LogP contribution in [-0.4, -0.2) is 34.1 Å². The number of nitrogens with one attached hydrogen (secondary N) is 2. The van der Waals surface area contributed by atoms with Gasteiger partial charge >= 0.3 is 0 Å². The molecular formula is C23H27ClN2O5S. The average Bonchev–Trinajstić information content (AvgIpc) is 3.03. The van der Waals surface area contributed by atoms with Crippen molar-refractivity contribution < 1.29 is 22.7 Å². The molecule has 2 aliphatic rings. The van der Waals surface area contributed by atoms with E-state index in [1.807, 2.05) is 6.07 Å². The molecule has 2 N–H and O–H groups in total. The highest BCUT2D eigenvalue weighted by Gasteiger charge is 2.18. The monoisotopic (exact) mass is 478 g/mol. The Kier molecular flexibility index (Phi) is 7.23. The summed E-state index contributed by atoms with van der Waals surface area (Å²) in [6.07, 6.45) is 4.94. The van der Waals surface area contributed by atoms with Crippen molar-refractivity contribution in [2.75, 3.05) is 19.8 Å². The minimum absolute atomic E-state index is 0.0210. The van der Waals surface area contributed by atoms with Crippen LogP contribution >= 0.6 is 11.6 Å². The Balaban J connectivity index is 1.28. The molecule has 2 aromatic rings. The first kappa shape index (κ1) is 22.9. The van der Waals surface area contributed by atoms with Crippen molar-refractivity contribution in [2.24, 2.45) is 0 Å². The van der Waals surface area contributed by atoms with Gasteiger partial charge in [-0.15, -0.1) is 0 Å². The molecule has 9 heteroatoms. The van der Waals surface area contributed by atoms with Gasteiger partial charge in [0.2, 0.25) is 15.9 Å². The van der Waals surface area contributed by atoms with E-state index in [0.29, 0.717) is 29.7 Å². The fourth-order valence-electron chi connectivity index (χ4n) is 3.93.